The molecule has 3 aromatic rings. The van der Waals surface area contributed by atoms with Crippen LogP contribution in [0.4, 0.5) is 0 Å². The van der Waals surface area contributed by atoms with Crippen molar-refractivity contribution in [2.24, 2.45) is 0 Å². The van der Waals surface area contributed by atoms with Crippen LogP contribution in [0.3, 0.4) is 0 Å². The zero-order valence-electron chi connectivity index (χ0n) is 14.5. The molecule has 6 heteroatoms. The van der Waals surface area contributed by atoms with Crippen LogP contribution in [0.15, 0.2) is 53.1 Å². The number of benzene rings is 2. The first-order valence-corrected chi connectivity index (χ1v) is 8.54. The second kappa shape index (κ2) is 7.00. The fourth-order valence-electron chi connectivity index (χ4n) is 3.13. The molecule has 0 unspecified atom stereocenters. The molecule has 0 N–H and O–H groups in total. The minimum Gasteiger partial charge on any atom is -0.497 e. The van der Waals surface area contributed by atoms with E-state index in [9.17, 15) is 4.79 Å². The smallest absolute Gasteiger partial charge is 0.236 e. The molecule has 0 radical (unpaired) electrons. The van der Waals surface area contributed by atoms with Crippen molar-refractivity contribution in [2.45, 2.75) is 19.4 Å². The van der Waals surface area contributed by atoms with Crippen LogP contribution in [0, 0.1) is 0 Å². The number of fused-ring (bicyclic) bond motifs is 1. The quantitative estimate of drug-likeness (QED) is 0.724. The van der Waals surface area contributed by atoms with E-state index < -0.39 is 0 Å². The highest BCUT2D eigenvalue weighted by molar-refractivity contribution is 5.78. The second-order valence-corrected chi connectivity index (χ2v) is 6.25. The van der Waals surface area contributed by atoms with Crippen LogP contribution in [0.2, 0.25) is 0 Å². The maximum Gasteiger partial charge on any atom is 0.236 e. The van der Waals surface area contributed by atoms with Gasteiger partial charge in [-0.1, -0.05) is 29.4 Å². The Kier molecular flexibility index (Phi) is 4.39. The number of ether oxygens (including phenoxy) is 1. The third-order valence-corrected chi connectivity index (χ3v) is 4.60. The van der Waals surface area contributed by atoms with Crippen LogP contribution >= 0.6 is 0 Å². The van der Waals surface area contributed by atoms with Gasteiger partial charge in [0.25, 0.3) is 0 Å². The van der Waals surface area contributed by atoms with Gasteiger partial charge in [-0.3, -0.25) is 4.79 Å². The van der Waals surface area contributed by atoms with Crippen LogP contribution < -0.4 is 4.74 Å². The van der Waals surface area contributed by atoms with Crippen molar-refractivity contribution in [1.82, 2.24) is 15.0 Å². The molecule has 1 aromatic heterocycles. The standard InChI is InChI=1S/C20H19N3O3/c1-25-17-8-6-15(7-9-17)20-21-18(26-22-20)12-19(24)23-11-10-14-4-2-3-5-16(14)13-23/h2-9H,10-13H2,1H3. The Hall–Kier alpha value is -3.15. The van der Waals surface area contributed by atoms with E-state index in [4.69, 9.17) is 9.26 Å². The molecule has 0 aliphatic carbocycles. The van der Waals surface area contributed by atoms with E-state index in [0.717, 1.165) is 24.3 Å². The van der Waals surface area contributed by atoms with E-state index >= 15 is 0 Å². The molecule has 0 atom stereocenters. The minimum absolute atomic E-state index is 0.00411. The minimum atomic E-state index is 0.00411. The number of amides is 1. The number of carbonyl (C=O) groups excluding carboxylic acids is 1. The number of hydrogen-bond donors (Lipinski definition) is 0. The van der Waals surface area contributed by atoms with Gasteiger partial charge in [0.1, 0.15) is 12.2 Å². The van der Waals surface area contributed by atoms with Crippen molar-refractivity contribution < 1.29 is 14.1 Å². The van der Waals surface area contributed by atoms with Crippen molar-refractivity contribution in [1.29, 1.82) is 0 Å². The Labute approximate surface area is 151 Å². The van der Waals surface area contributed by atoms with E-state index in [-0.39, 0.29) is 12.3 Å². The molecule has 1 aliphatic heterocycles. The number of nitrogens with zero attached hydrogens (tertiary/aromatic N) is 3. The SMILES string of the molecule is COc1ccc(-c2noc(CC(=O)N3CCc4ccccc4C3)n2)cc1. The van der Waals surface area contributed by atoms with Crippen LogP contribution in [0.5, 0.6) is 5.75 Å². The van der Waals surface area contributed by atoms with Gasteiger partial charge in [-0.25, -0.2) is 0 Å². The van der Waals surface area contributed by atoms with E-state index in [1.165, 1.54) is 11.1 Å². The fourth-order valence-corrected chi connectivity index (χ4v) is 3.13. The van der Waals surface area contributed by atoms with Gasteiger partial charge < -0.3 is 14.2 Å². The average Bonchev–Trinajstić information content (AvgIpc) is 3.16. The normalized spacial score (nSPS) is 13.3. The van der Waals surface area contributed by atoms with Gasteiger partial charge >= 0.3 is 0 Å². The molecule has 0 fully saturated rings. The summed E-state index contributed by atoms with van der Waals surface area (Å²) >= 11 is 0. The Bertz CT molecular complexity index is 918. The van der Waals surface area contributed by atoms with Gasteiger partial charge in [0, 0.05) is 18.7 Å². The molecule has 2 heterocycles. The van der Waals surface area contributed by atoms with E-state index in [1.54, 1.807) is 7.11 Å². The number of rotatable bonds is 4. The van der Waals surface area contributed by atoms with Crippen molar-refractivity contribution >= 4 is 5.91 Å². The highest BCUT2D eigenvalue weighted by atomic mass is 16.5. The lowest BCUT2D eigenvalue weighted by molar-refractivity contribution is -0.131. The summed E-state index contributed by atoms with van der Waals surface area (Å²) in [5.41, 5.74) is 3.34. The van der Waals surface area contributed by atoms with E-state index in [2.05, 4.69) is 22.3 Å². The fraction of sp³-hybridized carbons (Fsp3) is 0.250. The maximum atomic E-state index is 12.6. The summed E-state index contributed by atoms with van der Waals surface area (Å²) < 4.78 is 10.4. The van der Waals surface area contributed by atoms with Gasteiger partial charge in [0.05, 0.1) is 7.11 Å². The number of aromatic nitrogens is 2. The van der Waals surface area contributed by atoms with E-state index in [0.29, 0.717) is 18.3 Å². The first-order valence-electron chi connectivity index (χ1n) is 8.54. The van der Waals surface area contributed by atoms with Crippen LogP contribution in [0.25, 0.3) is 11.4 Å². The summed E-state index contributed by atoms with van der Waals surface area (Å²) in [6.07, 6.45) is 0.994. The molecule has 6 nitrogen and oxygen atoms in total. The molecule has 0 saturated heterocycles. The summed E-state index contributed by atoms with van der Waals surface area (Å²) in [5.74, 6) is 1.57. The Morgan fingerprint density at radius 2 is 1.92 bits per heavy atom. The molecule has 0 spiro atoms. The largest absolute Gasteiger partial charge is 0.497 e. The Balaban J connectivity index is 1.43. The molecule has 26 heavy (non-hydrogen) atoms. The van der Waals surface area contributed by atoms with Crippen molar-refractivity contribution in [3.05, 3.63) is 65.5 Å². The van der Waals surface area contributed by atoms with Crippen molar-refractivity contribution in [3.8, 4) is 17.1 Å². The first-order chi connectivity index (χ1) is 12.7. The topological polar surface area (TPSA) is 68.5 Å². The van der Waals surface area contributed by atoms with E-state index in [1.807, 2.05) is 41.3 Å². The highest BCUT2D eigenvalue weighted by Crippen LogP contribution is 2.21. The zero-order chi connectivity index (χ0) is 17.9. The summed E-state index contributed by atoms with van der Waals surface area (Å²) in [4.78, 5) is 18.8. The van der Waals surface area contributed by atoms with Crippen LogP contribution in [-0.4, -0.2) is 34.6 Å². The summed E-state index contributed by atoms with van der Waals surface area (Å²) in [6.45, 7) is 1.35. The molecule has 1 amide bonds. The molecular formula is C20H19N3O3. The molecule has 0 bridgehead atoms. The van der Waals surface area contributed by atoms with Crippen molar-refractivity contribution in [3.63, 3.8) is 0 Å². The summed E-state index contributed by atoms with van der Waals surface area (Å²) in [6, 6.07) is 15.6. The number of carbonyl (C=O) groups is 1. The molecule has 4 rings (SSSR count). The lowest BCUT2D eigenvalue weighted by Gasteiger charge is -2.28. The lowest BCUT2D eigenvalue weighted by Crippen LogP contribution is -2.36. The maximum absolute atomic E-state index is 12.6. The Morgan fingerprint density at radius 3 is 2.69 bits per heavy atom. The molecule has 132 valence electrons. The first kappa shape index (κ1) is 16.3. The third-order valence-electron chi connectivity index (χ3n) is 4.60. The molecule has 0 saturated carbocycles. The lowest BCUT2D eigenvalue weighted by atomic mass is 10.00. The van der Waals surface area contributed by atoms with Gasteiger partial charge in [0.15, 0.2) is 0 Å². The van der Waals surface area contributed by atoms with Gasteiger partial charge in [-0.05, 0) is 41.8 Å². The number of methoxy groups -OCH3 is 1. The van der Waals surface area contributed by atoms with Crippen LogP contribution in [0.1, 0.15) is 17.0 Å². The van der Waals surface area contributed by atoms with Crippen molar-refractivity contribution in [2.75, 3.05) is 13.7 Å². The number of hydrogen-bond acceptors (Lipinski definition) is 5. The predicted molar refractivity (Wildman–Crippen MR) is 95.6 cm³/mol. The molecule has 2 aromatic carbocycles. The van der Waals surface area contributed by atoms with Gasteiger partial charge in [-0.2, -0.15) is 4.98 Å². The summed E-state index contributed by atoms with van der Waals surface area (Å²) in [7, 11) is 1.62. The van der Waals surface area contributed by atoms with Crippen LogP contribution in [-0.2, 0) is 24.2 Å². The monoisotopic (exact) mass is 349 g/mol. The predicted octanol–water partition coefficient (Wildman–Crippen LogP) is 2.87. The zero-order valence-corrected chi connectivity index (χ0v) is 14.5. The van der Waals surface area contributed by atoms with Gasteiger partial charge in [0.2, 0.25) is 17.6 Å². The average molecular weight is 349 g/mol. The third kappa shape index (κ3) is 3.31. The molecular weight excluding hydrogens is 330 g/mol. The summed E-state index contributed by atoms with van der Waals surface area (Å²) in [5, 5.41) is 3.98. The van der Waals surface area contributed by atoms with Gasteiger partial charge in [-0.15, -0.1) is 0 Å². The molecule has 1 aliphatic rings. The highest BCUT2D eigenvalue weighted by Gasteiger charge is 2.22. The Morgan fingerprint density at radius 1 is 1.15 bits per heavy atom. The second-order valence-electron chi connectivity index (χ2n) is 6.25.